The van der Waals surface area contributed by atoms with Gasteiger partial charge in [-0.15, -0.1) is 11.3 Å². The Labute approximate surface area is 133 Å². The number of rotatable bonds is 5. The van der Waals surface area contributed by atoms with E-state index in [1.165, 1.54) is 4.88 Å². The average molecular weight is 354 g/mol. The summed E-state index contributed by atoms with van der Waals surface area (Å²) in [7, 11) is 0. The van der Waals surface area contributed by atoms with Crippen molar-refractivity contribution in [3.05, 3.63) is 38.6 Å². The molecule has 0 aliphatic carbocycles. The van der Waals surface area contributed by atoms with Crippen molar-refractivity contribution >= 4 is 27.3 Å². The summed E-state index contributed by atoms with van der Waals surface area (Å²) in [6.07, 6.45) is 0.0906. The van der Waals surface area contributed by atoms with Crippen LogP contribution in [0.15, 0.2) is 28.7 Å². The second kappa shape index (κ2) is 6.83. The number of aryl methyl sites for hydroxylation is 1. The van der Waals surface area contributed by atoms with Gasteiger partial charge in [0.2, 0.25) is 0 Å². The molecule has 0 spiro atoms. The Balaban J connectivity index is 2.35. The van der Waals surface area contributed by atoms with Crippen LogP contribution in [0.5, 0.6) is 0 Å². The van der Waals surface area contributed by atoms with Gasteiger partial charge in [-0.1, -0.05) is 41.9 Å². The molecule has 4 heteroatoms. The summed E-state index contributed by atoms with van der Waals surface area (Å²) in [6.45, 7) is 9.23. The Morgan fingerprint density at radius 3 is 2.45 bits per heavy atom. The zero-order valence-electron chi connectivity index (χ0n) is 12.3. The van der Waals surface area contributed by atoms with E-state index in [0.29, 0.717) is 5.92 Å². The highest BCUT2D eigenvalue weighted by Gasteiger charge is 2.21. The van der Waals surface area contributed by atoms with Gasteiger partial charge >= 0.3 is 0 Å². The van der Waals surface area contributed by atoms with E-state index < -0.39 is 0 Å². The summed E-state index contributed by atoms with van der Waals surface area (Å²) in [5.41, 5.74) is 2.23. The minimum Gasteiger partial charge on any atom is -0.371 e. The Morgan fingerprint density at radius 1 is 1.25 bits per heavy atom. The van der Waals surface area contributed by atoms with E-state index in [4.69, 9.17) is 9.72 Å². The molecule has 2 rings (SSSR count). The van der Waals surface area contributed by atoms with Crippen molar-refractivity contribution in [2.45, 2.75) is 33.8 Å². The Bertz CT molecular complexity index is 562. The monoisotopic (exact) mass is 353 g/mol. The molecule has 1 aromatic carbocycles. The van der Waals surface area contributed by atoms with Gasteiger partial charge in [0.15, 0.2) is 0 Å². The quantitative estimate of drug-likeness (QED) is 0.696. The molecule has 1 heterocycles. The number of halogens is 1. The molecule has 2 aromatic rings. The largest absolute Gasteiger partial charge is 0.371 e. The molecular formula is C16H20BrNOS. The first-order valence-electron chi connectivity index (χ1n) is 6.87. The molecular weight excluding hydrogens is 334 g/mol. The minimum absolute atomic E-state index is 0.0906. The summed E-state index contributed by atoms with van der Waals surface area (Å²) in [5.74, 6) is 0.429. The number of hydrogen-bond donors (Lipinski definition) is 0. The molecule has 1 aromatic heterocycles. The van der Waals surface area contributed by atoms with Crippen LogP contribution in [0.4, 0.5) is 0 Å². The maximum atomic E-state index is 5.85. The fraction of sp³-hybridized carbons (Fsp3) is 0.438. The van der Waals surface area contributed by atoms with E-state index in [2.05, 4.69) is 61.0 Å². The van der Waals surface area contributed by atoms with Crippen molar-refractivity contribution in [2.24, 2.45) is 5.92 Å². The molecule has 0 bridgehead atoms. The third-order valence-corrected chi connectivity index (χ3v) is 4.69. The predicted octanol–water partition coefficient (Wildman–Crippen LogP) is 5.61. The highest BCUT2D eigenvalue weighted by molar-refractivity contribution is 9.10. The van der Waals surface area contributed by atoms with Crippen LogP contribution >= 0.6 is 27.3 Å². The molecule has 0 radical (unpaired) electrons. The van der Waals surface area contributed by atoms with Crippen molar-refractivity contribution in [2.75, 3.05) is 6.61 Å². The fourth-order valence-electron chi connectivity index (χ4n) is 2.14. The molecule has 0 N–H and O–H groups in total. The molecule has 1 atom stereocenters. The van der Waals surface area contributed by atoms with E-state index in [0.717, 1.165) is 27.3 Å². The van der Waals surface area contributed by atoms with Crippen LogP contribution in [0, 0.1) is 12.8 Å². The van der Waals surface area contributed by atoms with E-state index in [1.54, 1.807) is 11.3 Å². The van der Waals surface area contributed by atoms with Crippen LogP contribution in [-0.4, -0.2) is 11.6 Å². The van der Waals surface area contributed by atoms with Crippen LogP contribution < -0.4 is 0 Å². The van der Waals surface area contributed by atoms with E-state index in [9.17, 15) is 0 Å². The molecule has 1 unspecified atom stereocenters. The second-order valence-corrected chi connectivity index (χ2v) is 7.23. The SMILES string of the molecule is CCOC(c1nc(-c2ccc(Br)cc2)c(C)s1)C(C)C. The highest BCUT2D eigenvalue weighted by atomic mass is 79.9. The number of thiazole rings is 1. The van der Waals surface area contributed by atoms with Crippen LogP contribution in [0.25, 0.3) is 11.3 Å². The number of nitrogens with zero attached hydrogens (tertiary/aromatic N) is 1. The summed E-state index contributed by atoms with van der Waals surface area (Å²) in [6, 6.07) is 8.30. The molecule has 108 valence electrons. The van der Waals surface area contributed by atoms with Gasteiger partial charge in [-0.2, -0.15) is 0 Å². The lowest BCUT2D eigenvalue weighted by Gasteiger charge is -2.18. The van der Waals surface area contributed by atoms with Gasteiger partial charge in [0.05, 0.1) is 5.69 Å². The fourth-order valence-corrected chi connectivity index (χ4v) is 3.57. The van der Waals surface area contributed by atoms with Gasteiger partial charge < -0.3 is 4.74 Å². The minimum atomic E-state index is 0.0906. The standard InChI is InChI=1S/C16H20BrNOS/c1-5-19-15(10(2)3)16-18-14(11(4)20-16)12-6-8-13(17)9-7-12/h6-10,15H,5H2,1-4H3. The van der Waals surface area contributed by atoms with Gasteiger partial charge in [-0.3, -0.25) is 0 Å². The molecule has 2 nitrogen and oxygen atoms in total. The van der Waals surface area contributed by atoms with Crippen LogP contribution in [0.1, 0.15) is 36.8 Å². The lowest BCUT2D eigenvalue weighted by molar-refractivity contribution is 0.0293. The predicted molar refractivity (Wildman–Crippen MR) is 89.2 cm³/mol. The number of hydrogen-bond acceptors (Lipinski definition) is 3. The van der Waals surface area contributed by atoms with Gasteiger partial charge in [-0.25, -0.2) is 4.98 Å². The maximum absolute atomic E-state index is 5.85. The van der Waals surface area contributed by atoms with Crippen molar-refractivity contribution in [3.63, 3.8) is 0 Å². The Hall–Kier alpha value is -0.710. The first-order valence-corrected chi connectivity index (χ1v) is 8.48. The molecule has 0 saturated heterocycles. The van der Waals surface area contributed by atoms with Gasteiger partial charge in [-0.05, 0) is 31.9 Å². The molecule has 0 aliphatic rings. The first-order chi connectivity index (χ1) is 9.52. The maximum Gasteiger partial charge on any atom is 0.123 e. The van der Waals surface area contributed by atoms with Crippen LogP contribution in [0.3, 0.4) is 0 Å². The summed E-state index contributed by atoms with van der Waals surface area (Å²) in [5, 5.41) is 1.08. The summed E-state index contributed by atoms with van der Waals surface area (Å²) in [4.78, 5) is 6.07. The zero-order chi connectivity index (χ0) is 14.7. The Kier molecular flexibility index (Phi) is 5.35. The van der Waals surface area contributed by atoms with Gasteiger partial charge in [0.1, 0.15) is 11.1 Å². The topological polar surface area (TPSA) is 22.1 Å². The van der Waals surface area contributed by atoms with Gasteiger partial charge in [0, 0.05) is 21.5 Å². The molecule has 0 amide bonds. The van der Waals surface area contributed by atoms with Crippen LogP contribution in [-0.2, 0) is 4.74 Å². The van der Waals surface area contributed by atoms with Crippen molar-refractivity contribution in [3.8, 4) is 11.3 Å². The molecule has 0 fully saturated rings. The lowest BCUT2D eigenvalue weighted by Crippen LogP contribution is -2.10. The first kappa shape index (κ1) is 15.7. The summed E-state index contributed by atoms with van der Waals surface area (Å²) < 4.78 is 6.94. The summed E-state index contributed by atoms with van der Waals surface area (Å²) >= 11 is 5.21. The second-order valence-electron chi connectivity index (χ2n) is 5.08. The van der Waals surface area contributed by atoms with Gasteiger partial charge in [0.25, 0.3) is 0 Å². The smallest absolute Gasteiger partial charge is 0.123 e. The van der Waals surface area contributed by atoms with Crippen molar-refractivity contribution in [1.29, 1.82) is 0 Å². The third kappa shape index (κ3) is 3.48. The van der Waals surface area contributed by atoms with E-state index >= 15 is 0 Å². The highest BCUT2D eigenvalue weighted by Crippen LogP contribution is 2.35. The molecule has 20 heavy (non-hydrogen) atoms. The van der Waals surface area contributed by atoms with Crippen molar-refractivity contribution < 1.29 is 4.74 Å². The van der Waals surface area contributed by atoms with E-state index in [1.807, 2.05) is 6.92 Å². The molecule has 0 saturated carbocycles. The number of aromatic nitrogens is 1. The van der Waals surface area contributed by atoms with Crippen molar-refractivity contribution in [1.82, 2.24) is 4.98 Å². The number of ether oxygens (including phenoxy) is 1. The molecule has 0 aliphatic heterocycles. The van der Waals surface area contributed by atoms with Crippen LogP contribution in [0.2, 0.25) is 0 Å². The zero-order valence-corrected chi connectivity index (χ0v) is 14.7. The normalized spacial score (nSPS) is 12.9. The average Bonchev–Trinajstić information content (AvgIpc) is 2.78. The van der Waals surface area contributed by atoms with E-state index in [-0.39, 0.29) is 6.10 Å². The third-order valence-electron chi connectivity index (χ3n) is 3.13. The number of benzene rings is 1. The lowest BCUT2D eigenvalue weighted by atomic mass is 10.1. The Morgan fingerprint density at radius 2 is 1.90 bits per heavy atom.